The fraction of sp³-hybridized carbons (Fsp3) is 0.188. The van der Waals surface area contributed by atoms with Gasteiger partial charge in [-0.1, -0.05) is 29.3 Å². The van der Waals surface area contributed by atoms with Gasteiger partial charge in [-0.2, -0.15) is 0 Å². The Morgan fingerprint density at radius 1 is 1.29 bits per heavy atom. The molecule has 1 aliphatic carbocycles. The van der Waals surface area contributed by atoms with Crippen molar-refractivity contribution in [2.45, 2.75) is 18.8 Å². The number of aromatic nitrogens is 3. The number of carbonyl (C=O) groups excluding carboxylic acids is 1. The highest BCUT2D eigenvalue weighted by Crippen LogP contribution is 2.43. The van der Waals surface area contributed by atoms with Crippen LogP contribution in [0.15, 0.2) is 24.4 Å². The summed E-state index contributed by atoms with van der Waals surface area (Å²) in [7, 11) is 0. The largest absolute Gasteiger partial charge is 0.351 e. The lowest BCUT2D eigenvalue weighted by Gasteiger charge is -2.08. The van der Waals surface area contributed by atoms with Crippen molar-refractivity contribution in [1.29, 1.82) is 0 Å². The van der Waals surface area contributed by atoms with Gasteiger partial charge in [0.25, 0.3) is 0 Å². The molecule has 0 unspecified atom stereocenters. The van der Waals surface area contributed by atoms with Gasteiger partial charge in [0.15, 0.2) is 11.6 Å². The van der Waals surface area contributed by atoms with E-state index in [0.29, 0.717) is 26.8 Å². The highest BCUT2D eigenvalue weighted by Gasteiger charge is 2.32. The second-order valence-corrected chi connectivity index (χ2v) is 6.48. The lowest BCUT2D eigenvalue weighted by atomic mass is 10.2. The molecule has 2 N–H and O–H groups in total. The molecule has 2 heterocycles. The fourth-order valence-electron chi connectivity index (χ4n) is 2.82. The quantitative estimate of drug-likeness (QED) is 0.734. The van der Waals surface area contributed by atoms with Crippen LogP contribution in [0.1, 0.15) is 24.5 Å². The van der Waals surface area contributed by atoms with Gasteiger partial charge in [0.2, 0.25) is 0 Å². The number of imidazole rings is 1. The van der Waals surface area contributed by atoms with E-state index in [4.69, 9.17) is 28.9 Å². The maximum atomic E-state index is 14.4. The van der Waals surface area contributed by atoms with Crippen molar-refractivity contribution < 1.29 is 9.18 Å². The van der Waals surface area contributed by atoms with E-state index >= 15 is 0 Å². The molecule has 0 bridgehead atoms. The van der Waals surface area contributed by atoms with E-state index in [1.807, 2.05) is 0 Å². The molecule has 1 saturated carbocycles. The molecule has 0 radical (unpaired) electrons. The summed E-state index contributed by atoms with van der Waals surface area (Å²) >= 11 is 12.4. The second-order valence-electron chi connectivity index (χ2n) is 5.67. The number of carbonyl (C=O) groups is 1. The number of rotatable bonds is 2. The zero-order valence-corrected chi connectivity index (χ0v) is 13.8. The third kappa shape index (κ3) is 2.25. The predicted octanol–water partition coefficient (Wildman–Crippen LogP) is 4.35. The summed E-state index contributed by atoms with van der Waals surface area (Å²) < 4.78 is 15.4. The van der Waals surface area contributed by atoms with Crippen molar-refractivity contribution in [2.24, 2.45) is 5.73 Å². The molecule has 3 aromatic rings. The Morgan fingerprint density at radius 2 is 1.96 bits per heavy atom. The molecule has 0 saturated heterocycles. The minimum atomic E-state index is -0.865. The Morgan fingerprint density at radius 3 is 2.54 bits per heavy atom. The first-order chi connectivity index (χ1) is 11.5. The van der Waals surface area contributed by atoms with Gasteiger partial charge >= 0.3 is 6.03 Å². The first-order valence-electron chi connectivity index (χ1n) is 7.30. The van der Waals surface area contributed by atoms with Crippen molar-refractivity contribution in [3.63, 3.8) is 0 Å². The molecule has 1 fully saturated rings. The van der Waals surface area contributed by atoms with E-state index in [0.717, 1.165) is 23.6 Å². The molecule has 24 heavy (non-hydrogen) atoms. The number of benzene rings is 1. The van der Waals surface area contributed by atoms with Gasteiger partial charge in [-0.3, -0.25) is 4.98 Å². The van der Waals surface area contributed by atoms with Crippen LogP contribution >= 0.6 is 23.2 Å². The molecule has 1 aromatic carbocycles. The van der Waals surface area contributed by atoms with Gasteiger partial charge in [-0.25, -0.2) is 18.7 Å². The second kappa shape index (κ2) is 5.43. The number of nitrogens with two attached hydrogens (primary N) is 1. The number of hydrogen-bond acceptors (Lipinski definition) is 3. The highest BCUT2D eigenvalue weighted by atomic mass is 35.5. The molecule has 5 nitrogen and oxygen atoms in total. The van der Waals surface area contributed by atoms with Crippen LogP contribution in [0.3, 0.4) is 0 Å². The van der Waals surface area contributed by atoms with Gasteiger partial charge in [0.1, 0.15) is 11.0 Å². The molecule has 2 aromatic heterocycles. The minimum absolute atomic E-state index is 0.00499. The summed E-state index contributed by atoms with van der Waals surface area (Å²) in [6.07, 6.45) is 3.01. The standard InChI is InChI=1S/C16H11Cl2FN4O/c17-8-2-1-3-9(18)11(8)15-22-13-12(7-4-5-7)21-6-10(19)14(13)23(15)16(20)24/h1-3,6-7H,4-5H2,(H2,20,24). The van der Waals surface area contributed by atoms with Crippen molar-refractivity contribution in [2.75, 3.05) is 0 Å². The normalized spacial score (nSPS) is 14.3. The van der Waals surface area contributed by atoms with Crippen molar-refractivity contribution in [1.82, 2.24) is 14.5 Å². The molecule has 8 heteroatoms. The van der Waals surface area contributed by atoms with Gasteiger partial charge < -0.3 is 5.73 Å². The van der Waals surface area contributed by atoms with Crippen LogP contribution in [0.25, 0.3) is 22.4 Å². The fourth-order valence-corrected chi connectivity index (χ4v) is 3.38. The van der Waals surface area contributed by atoms with E-state index in [9.17, 15) is 9.18 Å². The summed E-state index contributed by atoms with van der Waals surface area (Å²) in [6.45, 7) is 0. The number of primary amides is 1. The summed E-state index contributed by atoms with van der Waals surface area (Å²) in [6, 6.07) is 4.03. The van der Waals surface area contributed by atoms with Crippen molar-refractivity contribution in [3.05, 3.63) is 46.0 Å². The van der Waals surface area contributed by atoms with Gasteiger partial charge in [-0.05, 0) is 25.0 Å². The number of pyridine rings is 1. The van der Waals surface area contributed by atoms with E-state index in [2.05, 4.69) is 9.97 Å². The molecular weight excluding hydrogens is 354 g/mol. The van der Waals surface area contributed by atoms with Crippen LogP contribution in [-0.2, 0) is 0 Å². The lowest BCUT2D eigenvalue weighted by Crippen LogP contribution is -2.21. The number of halogens is 3. The Hall–Kier alpha value is -2.18. The first-order valence-corrected chi connectivity index (χ1v) is 8.05. The molecule has 0 atom stereocenters. The van der Waals surface area contributed by atoms with E-state index in [1.54, 1.807) is 18.2 Å². The van der Waals surface area contributed by atoms with Crippen LogP contribution in [0.4, 0.5) is 9.18 Å². The van der Waals surface area contributed by atoms with E-state index in [-0.39, 0.29) is 17.3 Å². The molecule has 1 amide bonds. The summed E-state index contributed by atoms with van der Waals surface area (Å²) in [5, 5.41) is 0.586. The van der Waals surface area contributed by atoms with E-state index in [1.165, 1.54) is 0 Å². The monoisotopic (exact) mass is 364 g/mol. The summed E-state index contributed by atoms with van der Waals surface area (Å²) in [5.41, 5.74) is 6.80. The van der Waals surface area contributed by atoms with Gasteiger partial charge in [-0.15, -0.1) is 0 Å². The van der Waals surface area contributed by atoms with Gasteiger partial charge in [0.05, 0.1) is 27.5 Å². The molecule has 122 valence electrons. The topological polar surface area (TPSA) is 73.8 Å². The van der Waals surface area contributed by atoms with Crippen LogP contribution in [-0.4, -0.2) is 20.6 Å². The van der Waals surface area contributed by atoms with Crippen molar-refractivity contribution >= 4 is 40.3 Å². The van der Waals surface area contributed by atoms with Gasteiger partial charge in [0, 0.05) is 5.92 Å². The number of fused-ring (bicyclic) bond motifs is 1. The van der Waals surface area contributed by atoms with E-state index < -0.39 is 11.8 Å². The Balaban J connectivity index is 2.13. The maximum absolute atomic E-state index is 14.4. The summed E-state index contributed by atoms with van der Waals surface area (Å²) in [5.74, 6) is -0.337. The Labute approximate surface area is 146 Å². The number of amides is 1. The zero-order valence-electron chi connectivity index (χ0n) is 12.3. The first kappa shape index (κ1) is 15.4. The van der Waals surface area contributed by atoms with Crippen molar-refractivity contribution in [3.8, 4) is 11.4 Å². The molecule has 1 aliphatic rings. The minimum Gasteiger partial charge on any atom is -0.351 e. The Kier molecular flexibility index (Phi) is 3.47. The molecule has 4 rings (SSSR count). The highest BCUT2D eigenvalue weighted by molar-refractivity contribution is 6.39. The smallest absolute Gasteiger partial charge is 0.325 e. The van der Waals surface area contributed by atoms with Crippen LogP contribution in [0, 0.1) is 5.82 Å². The maximum Gasteiger partial charge on any atom is 0.325 e. The third-order valence-electron chi connectivity index (χ3n) is 4.03. The molecule has 0 aliphatic heterocycles. The van der Waals surface area contributed by atoms with Crippen LogP contribution in [0.5, 0.6) is 0 Å². The Bertz CT molecular complexity index is 977. The average Bonchev–Trinajstić information content (AvgIpc) is 3.27. The number of hydrogen-bond donors (Lipinski definition) is 1. The summed E-state index contributed by atoms with van der Waals surface area (Å²) in [4.78, 5) is 20.6. The molecule has 0 spiro atoms. The SMILES string of the molecule is NC(=O)n1c(-c2c(Cl)cccc2Cl)nc2c(C3CC3)ncc(F)c21. The van der Waals surface area contributed by atoms with Crippen LogP contribution in [0.2, 0.25) is 10.0 Å². The third-order valence-corrected chi connectivity index (χ3v) is 4.66. The molecular formula is C16H11Cl2FN4O. The predicted molar refractivity (Wildman–Crippen MR) is 89.9 cm³/mol. The number of nitrogens with zero attached hydrogens (tertiary/aromatic N) is 3. The zero-order chi connectivity index (χ0) is 17.0. The average molecular weight is 365 g/mol. The van der Waals surface area contributed by atoms with Crippen LogP contribution < -0.4 is 5.73 Å². The lowest BCUT2D eigenvalue weighted by molar-refractivity contribution is 0.251.